The average molecular weight is 463 g/mol. The summed E-state index contributed by atoms with van der Waals surface area (Å²) in [6.45, 7) is 4.50. The van der Waals surface area contributed by atoms with Crippen LogP contribution in [0.5, 0.6) is 0 Å². The van der Waals surface area contributed by atoms with Crippen LogP contribution in [-0.2, 0) is 12.9 Å². The Labute approximate surface area is 188 Å². The Morgan fingerprint density at radius 3 is 2.36 bits per heavy atom. The van der Waals surface area contributed by atoms with Crippen LogP contribution in [0, 0.1) is 0 Å². The van der Waals surface area contributed by atoms with Gasteiger partial charge in [0.15, 0.2) is 0 Å². The molecule has 2 aliphatic heterocycles. The van der Waals surface area contributed by atoms with Gasteiger partial charge in [0.1, 0.15) is 18.0 Å². The van der Waals surface area contributed by atoms with Crippen LogP contribution in [0.1, 0.15) is 11.1 Å². The molecule has 11 heteroatoms. The molecule has 0 radical (unpaired) electrons. The Kier molecular flexibility index (Phi) is 5.73. The van der Waals surface area contributed by atoms with Gasteiger partial charge >= 0.3 is 6.18 Å². The highest BCUT2D eigenvalue weighted by atomic mass is 19.4. The van der Waals surface area contributed by atoms with Crippen LogP contribution in [0.25, 0.3) is 11.0 Å². The summed E-state index contributed by atoms with van der Waals surface area (Å²) in [7, 11) is 0. The number of pyridine rings is 1. The van der Waals surface area contributed by atoms with Crippen LogP contribution in [0.3, 0.4) is 0 Å². The van der Waals surface area contributed by atoms with Crippen molar-refractivity contribution < 1.29 is 17.6 Å². The molecule has 0 aliphatic carbocycles. The second-order valence-corrected chi connectivity index (χ2v) is 8.28. The summed E-state index contributed by atoms with van der Waals surface area (Å²) >= 11 is 0. The quantitative estimate of drug-likeness (QED) is 0.580. The molecule has 0 spiro atoms. The highest BCUT2D eigenvalue weighted by Gasteiger charge is 2.33. The van der Waals surface area contributed by atoms with Gasteiger partial charge < -0.3 is 25.0 Å². The fraction of sp³-hybridized carbons (Fsp3) is 0.455. The zero-order valence-electron chi connectivity index (χ0n) is 18.0. The standard InChI is InChI=1S/C22H25F4N7/c23-14-15-2-1-3-28-20(15)32-8-10-33(11-9-32)21-29-17-12-16(22(24,25)26)13-18(19(17)30-21)31-6-4-27-5-7-31/h1-3,12-13,27H,4-11,14H2,(H,29,30). The first kappa shape index (κ1) is 21.7. The van der Waals surface area contributed by atoms with Crippen molar-refractivity contribution in [3.8, 4) is 0 Å². The minimum atomic E-state index is -4.44. The van der Waals surface area contributed by atoms with E-state index in [9.17, 15) is 17.6 Å². The fourth-order valence-corrected chi connectivity index (χ4v) is 4.50. The third-order valence-electron chi connectivity index (χ3n) is 6.23. The summed E-state index contributed by atoms with van der Waals surface area (Å²) in [6, 6.07) is 5.78. The predicted molar refractivity (Wildman–Crippen MR) is 120 cm³/mol. The van der Waals surface area contributed by atoms with Crippen molar-refractivity contribution in [3.63, 3.8) is 0 Å². The van der Waals surface area contributed by atoms with Crippen molar-refractivity contribution in [2.45, 2.75) is 12.9 Å². The Bertz CT molecular complexity index is 1120. The number of hydrogen-bond acceptors (Lipinski definition) is 6. The van der Waals surface area contributed by atoms with Crippen LogP contribution in [0.15, 0.2) is 30.5 Å². The van der Waals surface area contributed by atoms with Gasteiger partial charge in [0.05, 0.1) is 16.8 Å². The maximum Gasteiger partial charge on any atom is 0.416 e. The normalized spacial score (nSPS) is 17.8. The van der Waals surface area contributed by atoms with Crippen molar-refractivity contribution in [3.05, 3.63) is 41.6 Å². The van der Waals surface area contributed by atoms with E-state index in [2.05, 4.69) is 15.3 Å². The highest BCUT2D eigenvalue weighted by Crippen LogP contribution is 2.37. The molecule has 0 atom stereocenters. The molecule has 33 heavy (non-hydrogen) atoms. The van der Waals surface area contributed by atoms with E-state index in [1.54, 1.807) is 18.3 Å². The molecule has 7 nitrogen and oxygen atoms in total. The lowest BCUT2D eigenvalue weighted by molar-refractivity contribution is -0.137. The van der Waals surface area contributed by atoms with Crippen molar-refractivity contribution in [2.75, 3.05) is 67.1 Å². The minimum Gasteiger partial charge on any atom is -0.367 e. The van der Waals surface area contributed by atoms with Crippen LogP contribution in [0.2, 0.25) is 0 Å². The number of hydrogen-bond donors (Lipinski definition) is 2. The van der Waals surface area contributed by atoms with Crippen LogP contribution < -0.4 is 20.0 Å². The number of rotatable bonds is 4. The molecule has 0 bridgehead atoms. The number of aromatic amines is 1. The summed E-state index contributed by atoms with van der Waals surface area (Å²) in [4.78, 5) is 18.2. The molecule has 2 aliphatic rings. The van der Waals surface area contributed by atoms with Crippen molar-refractivity contribution in [2.24, 2.45) is 0 Å². The van der Waals surface area contributed by atoms with Crippen LogP contribution in [0.4, 0.5) is 35.0 Å². The van der Waals surface area contributed by atoms with E-state index in [4.69, 9.17) is 4.98 Å². The number of alkyl halides is 4. The predicted octanol–water partition coefficient (Wildman–Crippen LogP) is 3.18. The molecule has 176 valence electrons. The Morgan fingerprint density at radius 2 is 1.67 bits per heavy atom. The van der Waals surface area contributed by atoms with Crippen LogP contribution >= 0.6 is 0 Å². The Morgan fingerprint density at radius 1 is 0.939 bits per heavy atom. The van der Waals surface area contributed by atoms with Crippen LogP contribution in [-0.4, -0.2) is 67.3 Å². The molecule has 2 fully saturated rings. The average Bonchev–Trinajstić information content (AvgIpc) is 3.28. The molecular weight excluding hydrogens is 438 g/mol. The summed E-state index contributed by atoms with van der Waals surface area (Å²) < 4.78 is 54.1. The fourth-order valence-electron chi connectivity index (χ4n) is 4.50. The molecule has 2 N–H and O–H groups in total. The van der Waals surface area contributed by atoms with Gasteiger partial charge in [-0.1, -0.05) is 6.07 Å². The number of fused-ring (bicyclic) bond motifs is 1. The number of aromatic nitrogens is 3. The number of imidazole rings is 1. The second-order valence-electron chi connectivity index (χ2n) is 8.28. The first-order chi connectivity index (χ1) is 15.9. The summed E-state index contributed by atoms with van der Waals surface area (Å²) in [5.41, 5.74) is 1.29. The first-order valence-corrected chi connectivity index (χ1v) is 11.0. The van der Waals surface area contributed by atoms with Gasteiger partial charge in [-0.15, -0.1) is 0 Å². The molecule has 1 aromatic carbocycles. The maximum atomic E-state index is 13.6. The number of nitrogens with zero attached hydrogens (tertiary/aromatic N) is 5. The lowest BCUT2D eigenvalue weighted by atomic mass is 10.1. The highest BCUT2D eigenvalue weighted by molar-refractivity contribution is 5.91. The number of H-pyrrole nitrogens is 1. The molecular formula is C22H25F4N7. The SMILES string of the molecule is FCc1cccnc1N1CCN(c2nc3c(N4CCNCC4)cc(C(F)(F)F)cc3[nH]2)CC1. The molecule has 4 heterocycles. The Hall–Kier alpha value is -3.08. The molecule has 5 rings (SSSR count). The lowest BCUT2D eigenvalue weighted by Crippen LogP contribution is -2.47. The van der Waals surface area contributed by atoms with Crippen molar-refractivity contribution >= 4 is 28.5 Å². The molecule has 2 aromatic heterocycles. The van der Waals surface area contributed by atoms with Crippen molar-refractivity contribution in [1.82, 2.24) is 20.3 Å². The summed E-state index contributed by atoms with van der Waals surface area (Å²) in [5.74, 6) is 1.19. The van der Waals surface area contributed by atoms with Gasteiger partial charge in [-0.3, -0.25) is 0 Å². The first-order valence-electron chi connectivity index (χ1n) is 11.0. The largest absolute Gasteiger partial charge is 0.416 e. The monoisotopic (exact) mass is 463 g/mol. The molecule has 0 saturated carbocycles. The molecule has 2 saturated heterocycles. The van der Waals surface area contributed by atoms with E-state index in [1.165, 1.54) is 6.07 Å². The smallest absolute Gasteiger partial charge is 0.367 e. The van der Waals surface area contributed by atoms with E-state index in [-0.39, 0.29) is 0 Å². The van der Waals surface area contributed by atoms with Gasteiger partial charge in [0.2, 0.25) is 5.95 Å². The second kappa shape index (κ2) is 8.69. The minimum absolute atomic E-state index is 0.375. The number of halogens is 4. The summed E-state index contributed by atoms with van der Waals surface area (Å²) in [5, 5.41) is 3.23. The number of benzene rings is 1. The number of anilines is 3. The van der Waals surface area contributed by atoms with Gasteiger partial charge in [-0.05, 0) is 18.2 Å². The van der Waals surface area contributed by atoms with Crippen molar-refractivity contribution in [1.29, 1.82) is 0 Å². The van der Waals surface area contributed by atoms with E-state index < -0.39 is 18.4 Å². The van der Waals surface area contributed by atoms with E-state index in [0.29, 0.717) is 86.4 Å². The molecule has 3 aromatic rings. The van der Waals surface area contributed by atoms with Gasteiger partial charge in [-0.25, -0.2) is 14.4 Å². The zero-order chi connectivity index (χ0) is 23.0. The van der Waals surface area contributed by atoms with Gasteiger partial charge in [-0.2, -0.15) is 13.2 Å². The third kappa shape index (κ3) is 4.29. The maximum absolute atomic E-state index is 13.6. The van der Waals surface area contributed by atoms with E-state index in [0.717, 1.165) is 6.07 Å². The number of nitrogens with one attached hydrogen (secondary N) is 2. The molecule has 0 amide bonds. The van der Waals surface area contributed by atoms with Gasteiger partial charge in [0, 0.05) is 64.1 Å². The lowest BCUT2D eigenvalue weighted by Gasteiger charge is -2.35. The topological polar surface area (TPSA) is 63.3 Å². The zero-order valence-corrected chi connectivity index (χ0v) is 18.0. The van der Waals surface area contributed by atoms with Gasteiger partial charge in [0.25, 0.3) is 0 Å². The molecule has 0 unspecified atom stereocenters. The van der Waals surface area contributed by atoms with E-state index >= 15 is 0 Å². The van der Waals surface area contributed by atoms with E-state index in [1.807, 2.05) is 14.7 Å². The Balaban J connectivity index is 1.42. The third-order valence-corrected chi connectivity index (χ3v) is 6.23. The summed E-state index contributed by atoms with van der Waals surface area (Å²) in [6.07, 6.45) is -2.79. The number of piperazine rings is 2.